The molecule has 0 bridgehead atoms. The van der Waals surface area contributed by atoms with E-state index in [2.05, 4.69) is 0 Å². The molecule has 0 aliphatic carbocycles. The van der Waals surface area contributed by atoms with Crippen LogP contribution in [0.5, 0.6) is 0 Å². The molecule has 0 saturated heterocycles. The van der Waals surface area contributed by atoms with Gasteiger partial charge in [0, 0.05) is 12.0 Å². The van der Waals surface area contributed by atoms with Gasteiger partial charge in [0.05, 0.1) is 0 Å². The zero-order chi connectivity index (χ0) is 10.0. The number of terminal acetylenes is 1. The average molecular weight is 188 g/mol. The number of benzene rings is 1. The van der Waals surface area contributed by atoms with Crippen LogP contribution in [0.4, 0.5) is 17.6 Å². The molecule has 0 fully saturated rings. The molecule has 0 N–H and O–H groups in total. The third-order valence-electron chi connectivity index (χ3n) is 1.47. The molecule has 0 radical (unpaired) electrons. The second-order valence-electron chi connectivity index (χ2n) is 2.34. The second kappa shape index (κ2) is 3.48. The molecule has 0 spiro atoms. The van der Waals surface area contributed by atoms with Crippen LogP contribution in [-0.4, -0.2) is 0 Å². The molecule has 1 aromatic carbocycles. The highest BCUT2D eigenvalue weighted by molar-refractivity contribution is 5.24. The zero-order valence-corrected chi connectivity index (χ0v) is 6.37. The summed E-state index contributed by atoms with van der Waals surface area (Å²) in [5, 5.41) is 0. The minimum atomic E-state index is -1.83. The molecule has 13 heavy (non-hydrogen) atoms. The monoisotopic (exact) mass is 188 g/mol. The number of hydrogen-bond donors (Lipinski definition) is 0. The minimum Gasteiger partial charge on any atom is -0.204 e. The van der Waals surface area contributed by atoms with Crippen molar-refractivity contribution in [3.8, 4) is 12.3 Å². The van der Waals surface area contributed by atoms with E-state index in [1.165, 1.54) is 0 Å². The SMILES string of the molecule is C#CCc1cc(F)c(F)c(F)c1F. The average Bonchev–Trinajstić information content (AvgIpc) is 2.11. The van der Waals surface area contributed by atoms with Crippen LogP contribution < -0.4 is 0 Å². The fourth-order valence-corrected chi connectivity index (χ4v) is 0.860. The number of rotatable bonds is 1. The van der Waals surface area contributed by atoms with Gasteiger partial charge in [-0.1, -0.05) is 0 Å². The van der Waals surface area contributed by atoms with Crippen molar-refractivity contribution < 1.29 is 17.6 Å². The van der Waals surface area contributed by atoms with Gasteiger partial charge >= 0.3 is 0 Å². The van der Waals surface area contributed by atoms with Crippen LogP contribution in [-0.2, 0) is 6.42 Å². The predicted octanol–water partition coefficient (Wildman–Crippen LogP) is 2.42. The van der Waals surface area contributed by atoms with E-state index in [9.17, 15) is 17.6 Å². The third-order valence-corrected chi connectivity index (χ3v) is 1.47. The Hall–Kier alpha value is -1.50. The van der Waals surface area contributed by atoms with Gasteiger partial charge in [0.15, 0.2) is 23.3 Å². The number of hydrogen-bond acceptors (Lipinski definition) is 0. The summed E-state index contributed by atoms with van der Waals surface area (Å²) in [7, 11) is 0. The Bertz CT molecular complexity index is 376. The van der Waals surface area contributed by atoms with E-state index in [-0.39, 0.29) is 12.0 Å². The lowest BCUT2D eigenvalue weighted by Crippen LogP contribution is -2.00. The Morgan fingerprint density at radius 1 is 1.08 bits per heavy atom. The molecular weight excluding hydrogens is 184 g/mol. The van der Waals surface area contributed by atoms with Crippen molar-refractivity contribution in [1.29, 1.82) is 0 Å². The van der Waals surface area contributed by atoms with E-state index in [4.69, 9.17) is 6.42 Å². The van der Waals surface area contributed by atoms with Crippen molar-refractivity contribution in [3.05, 3.63) is 34.9 Å². The Morgan fingerprint density at radius 3 is 2.23 bits per heavy atom. The van der Waals surface area contributed by atoms with Crippen LogP contribution in [0.2, 0.25) is 0 Å². The number of halogens is 4. The topological polar surface area (TPSA) is 0 Å². The largest absolute Gasteiger partial charge is 0.204 e. The van der Waals surface area contributed by atoms with Crippen molar-refractivity contribution in [3.63, 3.8) is 0 Å². The molecule has 0 atom stereocenters. The van der Waals surface area contributed by atoms with E-state index in [0.29, 0.717) is 6.07 Å². The molecule has 0 heterocycles. The van der Waals surface area contributed by atoms with Gasteiger partial charge in [0.25, 0.3) is 0 Å². The second-order valence-corrected chi connectivity index (χ2v) is 2.34. The van der Waals surface area contributed by atoms with E-state index in [1.54, 1.807) is 0 Å². The van der Waals surface area contributed by atoms with Crippen molar-refractivity contribution >= 4 is 0 Å². The molecule has 1 aromatic rings. The van der Waals surface area contributed by atoms with Crippen LogP contribution in [0, 0.1) is 35.6 Å². The first kappa shape index (κ1) is 9.59. The van der Waals surface area contributed by atoms with Gasteiger partial charge in [-0.2, -0.15) is 0 Å². The summed E-state index contributed by atoms with van der Waals surface area (Å²) >= 11 is 0. The quantitative estimate of drug-likeness (QED) is 0.275. The van der Waals surface area contributed by atoms with Gasteiger partial charge in [-0.05, 0) is 6.07 Å². The highest BCUT2D eigenvalue weighted by atomic mass is 19.2. The first-order valence-electron chi connectivity index (χ1n) is 3.33. The first-order valence-corrected chi connectivity index (χ1v) is 3.33. The molecule has 0 amide bonds. The maximum Gasteiger partial charge on any atom is 0.197 e. The maximum absolute atomic E-state index is 12.8. The van der Waals surface area contributed by atoms with E-state index < -0.39 is 23.3 Å². The highest BCUT2D eigenvalue weighted by Crippen LogP contribution is 2.18. The summed E-state index contributed by atoms with van der Waals surface area (Å²) in [6.07, 6.45) is 4.53. The molecular formula is C9H4F4. The standard InChI is InChI=1S/C9H4F4/c1-2-3-5-4-6(10)8(12)9(13)7(5)11/h1,4H,3H2. The molecule has 4 heteroatoms. The lowest BCUT2D eigenvalue weighted by atomic mass is 10.1. The summed E-state index contributed by atoms with van der Waals surface area (Å²) in [5.74, 6) is -4.52. The lowest BCUT2D eigenvalue weighted by Gasteiger charge is -2.01. The van der Waals surface area contributed by atoms with E-state index in [0.717, 1.165) is 0 Å². The molecule has 1 rings (SSSR count). The molecule has 0 unspecified atom stereocenters. The van der Waals surface area contributed by atoms with Gasteiger partial charge in [-0.3, -0.25) is 0 Å². The molecule has 0 saturated carbocycles. The summed E-state index contributed by atoms with van der Waals surface area (Å²) in [6, 6.07) is 0.549. The fourth-order valence-electron chi connectivity index (χ4n) is 0.860. The molecule has 0 aliphatic rings. The zero-order valence-electron chi connectivity index (χ0n) is 6.37. The summed E-state index contributed by atoms with van der Waals surface area (Å²) in [5.41, 5.74) is -0.362. The smallest absolute Gasteiger partial charge is 0.197 e. The Morgan fingerprint density at radius 2 is 1.69 bits per heavy atom. The van der Waals surface area contributed by atoms with E-state index in [1.807, 2.05) is 5.92 Å². The minimum absolute atomic E-state index is 0.278. The van der Waals surface area contributed by atoms with Gasteiger partial charge in [-0.15, -0.1) is 12.3 Å². The highest BCUT2D eigenvalue weighted by Gasteiger charge is 2.17. The lowest BCUT2D eigenvalue weighted by molar-refractivity contribution is 0.405. The first-order chi connectivity index (χ1) is 6.07. The van der Waals surface area contributed by atoms with Gasteiger partial charge < -0.3 is 0 Å². The molecule has 0 aliphatic heterocycles. The van der Waals surface area contributed by atoms with Gasteiger partial charge in [-0.25, -0.2) is 17.6 Å². The van der Waals surface area contributed by atoms with Crippen LogP contribution in [0.15, 0.2) is 6.07 Å². The van der Waals surface area contributed by atoms with Gasteiger partial charge in [0.2, 0.25) is 0 Å². The third kappa shape index (κ3) is 1.64. The summed E-state index contributed by atoms with van der Waals surface area (Å²) < 4.78 is 50.1. The summed E-state index contributed by atoms with van der Waals surface area (Å²) in [6.45, 7) is 0. The fraction of sp³-hybridized carbons (Fsp3) is 0.111. The van der Waals surface area contributed by atoms with Crippen LogP contribution >= 0.6 is 0 Å². The molecule has 0 nitrogen and oxygen atoms in total. The van der Waals surface area contributed by atoms with Crippen LogP contribution in [0.3, 0.4) is 0 Å². The van der Waals surface area contributed by atoms with Crippen LogP contribution in [0.25, 0.3) is 0 Å². The van der Waals surface area contributed by atoms with Crippen molar-refractivity contribution in [2.24, 2.45) is 0 Å². The van der Waals surface area contributed by atoms with E-state index >= 15 is 0 Å². The van der Waals surface area contributed by atoms with Crippen molar-refractivity contribution in [2.45, 2.75) is 6.42 Å². The maximum atomic E-state index is 12.8. The van der Waals surface area contributed by atoms with Crippen molar-refractivity contribution in [2.75, 3.05) is 0 Å². The Kier molecular flexibility index (Phi) is 2.57. The Balaban J connectivity index is 3.34. The predicted molar refractivity (Wildman–Crippen MR) is 38.8 cm³/mol. The summed E-state index contributed by atoms with van der Waals surface area (Å²) in [4.78, 5) is 0. The Labute approximate surface area is 72.2 Å². The van der Waals surface area contributed by atoms with Crippen LogP contribution in [0.1, 0.15) is 5.56 Å². The normalized spacial score (nSPS) is 9.77. The molecule has 0 aromatic heterocycles. The van der Waals surface area contributed by atoms with Gasteiger partial charge in [0.1, 0.15) is 0 Å². The van der Waals surface area contributed by atoms with Crippen molar-refractivity contribution in [1.82, 2.24) is 0 Å². The molecule has 68 valence electrons.